The van der Waals surface area contributed by atoms with E-state index in [1.54, 1.807) is 6.92 Å². The van der Waals surface area contributed by atoms with Crippen molar-refractivity contribution in [2.24, 2.45) is 0 Å². The molecule has 3 nitrogen and oxygen atoms in total. The Hall–Kier alpha value is -0.770. The summed E-state index contributed by atoms with van der Waals surface area (Å²) in [5, 5.41) is 18.5. The summed E-state index contributed by atoms with van der Waals surface area (Å²) in [7, 11) is 0. The van der Waals surface area contributed by atoms with Gasteiger partial charge in [-0.3, -0.25) is 0 Å². The number of carboxylic acids is 1. The van der Waals surface area contributed by atoms with Gasteiger partial charge in [0, 0.05) is 10.0 Å². The number of aliphatic carboxylic acids is 1. The summed E-state index contributed by atoms with van der Waals surface area (Å²) in [6, 6.07) is 2.78. The number of rotatable bonds is 2. The Kier molecular flexibility index (Phi) is 3.37. The zero-order chi connectivity index (χ0) is 10.9. The lowest BCUT2D eigenvalue weighted by molar-refractivity contribution is -0.146. The van der Waals surface area contributed by atoms with E-state index in [2.05, 4.69) is 0 Å². The van der Waals surface area contributed by atoms with Crippen LogP contribution in [0.2, 0.25) is 10.0 Å². The Morgan fingerprint density at radius 1 is 1.36 bits per heavy atom. The maximum absolute atomic E-state index is 10.5. The number of benzene rings is 1. The van der Waals surface area contributed by atoms with Crippen LogP contribution < -0.4 is 0 Å². The number of carboxylic acid groups (broad SMARTS) is 1. The molecular weight excluding hydrogens is 227 g/mol. The van der Waals surface area contributed by atoms with Crippen LogP contribution in [0.15, 0.2) is 12.1 Å². The fourth-order valence-corrected chi connectivity index (χ4v) is 1.47. The van der Waals surface area contributed by atoms with Gasteiger partial charge in [-0.1, -0.05) is 23.2 Å². The Morgan fingerprint density at radius 2 is 1.79 bits per heavy atom. The quantitative estimate of drug-likeness (QED) is 0.827. The monoisotopic (exact) mass is 234 g/mol. The van der Waals surface area contributed by atoms with Gasteiger partial charge < -0.3 is 10.2 Å². The molecule has 0 spiro atoms. The van der Waals surface area contributed by atoms with Crippen LogP contribution in [-0.4, -0.2) is 16.2 Å². The predicted octanol–water partition coefficient (Wildman–Crippen LogP) is 2.42. The minimum absolute atomic E-state index is 0.179. The van der Waals surface area contributed by atoms with E-state index in [-0.39, 0.29) is 5.56 Å². The van der Waals surface area contributed by atoms with E-state index in [9.17, 15) is 9.90 Å². The van der Waals surface area contributed by atoms with Gasteiger partial charge in [-0.2, -0.15) is 0 Å². The van der Waals surface area contributed by atoms with Gasteiger partial charge >= 0.3 is 5.97 Å². The molecule has 0 unspecified atom stereocenters. The standard InChI is InChI=1S/C9H8Cl2O3/c1-4-6(10)2-5(3-7(4)11)8(12)9(13)14/h2-3,8,12H,1H3,(H,13,14)/t8-/m1/s1. The van der Waals surface area contributed by atoms with Crippen molar-refractivity contribution in [2.75, 3.05) is 0 Å². The van der Waals surface area contributed by atoms with E-state index in [0.717, 1.165) is 0 Å². The van der Waals surface area contributed by atoms with E-state index in [4.69, 9.17) is 28.3 Å². The predicted molar refractivity (Wildman–Crippen MR) is 53.8 cm³/mol. The van der Waals surface area contributed by atoms with Crippen LogP contribution in [0, 0.1) is 6.92 Å². The highest BCUT2D eigenvalue weighted by Crippen LogP contribution is 2.28. The zero-order valence-electron chi connectivity index (χ0n) is 7.29. The molecule has 0 aromatic heterocycles. The first-order valence-corrected chi connectivity index (χ1v) is 4.55. The van der Waals surface area contributed by atoms with E-state index in [1.807, 2.05) is 0 Å². The molecule has 0 bridgehead atoms. The van der Waals surface area contributed by atoms with Crippen molar-refractivity contribution in [3.63, 3.8) is 0 Å². The van der Waals surface area contributed by atoms with Gasteiger partial charge in [-0.25, -0.2) is 4.79 Å². The lowest BCUT2D eigenvalue weighted by atomic mass is 10.1. The first-order valence-electron chi connectivity index (χ1n) is 3.80. The molecule has 0 aliphatic rings. The Labute approximate surface area is 90.9 Å². The molecule has 76 valence electrons. The smallest absolute Gasteiger partial charge is 0.337 e. The minimum Gasteiger partial charge on any atom is -0.479 e. The summed E-state index contributed by atoms with van der Waals surface area (Å²) >= 11 is 11.6. The first-order chi connectivity index (χ1) is 6.43. The molecule has 5 heteroatoms. The summed E-state index contributed by atoms with van der Waals surface area (Å²) in [6.07, 6.45) is -1.59. The Morgan fingerprint density at radius 3 is 2.14 bits per heavy atom. The molecule has 0 saturated carbocycles. The Balaban J connectivity index is 3.19. The van der Waals surface area contributed by atoms with Gasteiger partial charge in [0.25, 0.3) is 0 Å². The molecule has 0 amide bonds. The molecule has 0 fully saturated rings. The fraction of sp³-hybridized carbons (Fsp3) is 0.222. The van der Waals surface area contributed by atoms with E-state index < -0.39 is 12.1 Å². The van der Waals surface area contributed by atoms with Crippen LogP contribution in [0.25, 0.3) is 0 Å². The summed E-state index contributed by atoms with van der Waals surface area (Å²) < 4.78 is 0. The molecule has 0 aliphatic heterocycles. The molecule has 14 heavy (non-hydrogen) atoms. The van der Waals surface area contributed by atoms with Gasteiger partial charge in [0.2, 0.25) is 0 Å². The number of aliphatic hydroxyl groups is 1. The second-order valence-corrected chi connectivity index (χ2v) is 3.66. The van der Waals surface area contributed by atoms with E-state index in [1.165, 1.54) is 12.1 Å². The molecule has 0 aliphatic carbocycles. The van der Waals surface area contributed by atoms with Crippen LogP contribution in [0.1, 0.15) is 17.2 Å². The topological polar surface area (TPSA) is 57.5 Å². The maximum atomic E-state index is 10.5. The lowest BCUT2D eigenvalue weighted by Crippen LogP contribution is -2.10. The van der Waals surface area contributed by atoms with Gasteiger partial charge in [-0.15, -0.1) is 0 Å². The number of carbonyl (C=O) groups is 1. The van der Waals surface area contributed by atoms with Crippen LogP contribution >= 0.6 is 23.2 Å². The largest absolute Gasteiger partial charge is 0.479 e. The van der Waals surface area contributed by atoms with Crippen molar-refractivity contribution in [3.05, 3.63) is 33.3 Å². The fourth-order valence-electron chi connectivity index (χ4n) is 0.965. The average molecular weight is 235 g/mol. The highest BCUT2D eigenvalue weighted by Gasteiger charge is 2.17. The van der Waals surface area contributed by atoms with E-state index >= 15 is 0 Å². The van der Waals surface area contributed by atoms with Crippen molar-refractivity contribution in [2.45, 2.75) is 13.0 Å². The molecule has 0 heterocycles. The normalized spacial score (nSPS) is 12.6. The molecule has 0 radical (unpaired) electrons. The molecular formula is C9H8Cl2O3. The third-order valence-electron chi connectivity index (χ3n) is 1.85. The van der Waals surface area contributed by atoms with Crippen molar-refractivity contribution >= 4 is 29.2 Å². The van der Waals surface area contributed by atoms with Gasteiger partial charge in [0.05, 0.1) is 0 Å². The molecule has 1 aromatic carbocycles. The minimum atomic E-state index is -1.59. The third kappa shape index (κ3) is 2.18. The molecule has 1 rings (SSSR count). The molecule has 2 N–H and O–H groups in total. The van der Waals surface area contributed by atoms with Crippen molar-refractivity contribution in [1.82, 2.24) is 0 Å². The maximum Gasteiger partial charge on any atom is 0.337 e. The van der Waals surface area contributed by atoms with Crippen LogP contribution in [0.4, 0.5) is 0 Å². The lowest BCUT2D eigenvalue weighted by Gasteiger charge is -2.09. The van der Waals surface area contributed by atoms with Crippen molar-refractivity contribution < 1.29 is 15.0 Å². The van der Waals surface area contributed by atoms with Gasteiger partial charge in [0.1, 0.15) is 0 Å². The zero-order valence-corrected chi connectivity index (χ0v) is 8.80. The van der Waals surface area contributed by atoms with Gasteiger partial charge in [-0.05, 0) is 30.2 Å². The SMILES string of the molecule is Cc1c(Cl)cc([C@@H](O)C(=O)O)cc1Cl. The second-order valence-electron chi connectivity index (χ2n) is 2.85. The average Bonchev–Trinajstić information content (AvgIpc) is 2.12. The van der Waals surface area contributed by atoms with Crippen molar-refractivity contribution in [1.29, 1.82) is 0 Å². The summed E-state index contributed by atoms with van der Waals surface area (Å²) in [6.45, 7) is 1.71. The third-order valence-corrected chi connectivity index (χ3v) is 2.64. The van der Waals surface area contributed by atoms with E-state index in [0.29, 0.717) is 15.6 Å². The van der Waals surface area contributed by atoms with Crippen LogP contribution in [0.5, 0.6) is 0 Å². The van der Waals surface area contributed by atoms with Crippen molar-refractivity contribution in [3.8, 4) is 0 Å². The number of halogens is 2. The van der Waals surface area contributed by atoms with Crippen LogP contribution in [-0.2, 0) is 4.79 Å². The number of hydrogen-bond acceptors (Lipinski definition) is 2. The van der Waals surface area contributed by atoms with Crippen LogP contribution in [0.3, 0.4) is 0 Å². The van der Waals surface area contributed by atoms with Gasteiger partial charge in [0.15, 0.2) is 6.10 Å². The summed E-state index contributed by atoms with van der Waals surface area (Å²) in [4.78, 5) is 10.5. The molecule has 0 saturated heterocycles. The number of aliphatic hydroxyl groups excluding tert-OH is 1. The highest BCUT2D eigenvalue weighted by molar-refractivity contribution is 6.36. The summed E-state index contributed by atoms with van der Waals surface area (Å²) in [5.74, 6) is -1.33. The number of hydrogen-bond donors (Lipinski definition) is 2. The molecule has 1 atom stereocenters. The molecule has 1 aromatic rings. The summed E-state index contributed by atoms with van der Waals surface area (Å²) in [5.41, 5.74) is 0.841. The second kappa shape index (κ2) is 4.17. The first kappa shape index (κ1) is 11.3. The Bertz CT molecular complexity index is 353. The highest BCUT2D eigenvalue weighted by atomic mass is 35.5.